The number of hydrogen-bond acceptors (Lipinski definition) is 9. The summed E-state index contributed by atoms with van der Waals surface area (Å²) in [7, 11) is 2.31. The number of rotatable bonds is 4. The lowest BCUT2D eigenvalue weighted by Crippen LogP contribution is -2.27. The number of esters is 2. The molecule has 0 saturated carbocycles. The molecule has 1 aromatic carbocycles. The Kier molecular flexibility index (Phi) is 5.82. The lowest BCUT2D eigenvalue weighted by atomic mass is 10.1. The molecule has 0 spiro atoms. The monoisotopic (exact) mass is 402 g/mol. The maximum absolute atomic E-state index is 12.5. The highest BCUT2D eigenvalue weighted by atomic mass is 16.6. The number of carbonyl (C=O) groups is 2. The van der Waals surface area contributed by atoms with Gasteiger partial charge < -0.3 is 23.8 Å². The van der Waals surface area contributed by atoms with Crippen LogP contribution in [0.4, 0.5) is 11.4 Å². The van der Waals surface area contributed by atoms with E-state index in [4.69, 9.17) is 18.9 Å². The SMILES string of the molecule is COC(=O)C1=C(C(=O)OC)N(c2cc3c(cc2[N+](=O)[O-])OCCCO3)C=CC=C1. The van der Waals surface area contributed by atoms with Crippen molar-refractivity contribution in [2.45, 2.75) is 6.42 Å². The molecule has 0 atom stereocenters. The van der Waals surface area contributed by atoms with Gasteiger partial charge in [-0.05, 0) is 12.2 Å². The van der Waals surface area contributed by atoms with Crippen molar-refractivity contribution < 1.29 is 33.5 Å². The third-order valence-electron chi connectivity index (χ3n) is 4.19. The van der Waals surface area contributed by atoms with Crippen LogP contribution >= 0.6 is 0 Å². The smallest absolute Gasteiger partial charge is 0.355 e. The van der Waals surface area contributed by atoms with Gasteiger partial charge in [-0.1, -0.05) is 6.08 Å². The molecule has 0 fully saturated rings. The van der Waals surface area contributed by atoms with Gasteiger partial charge in [0.1, 0.15) is 11.4 Å². The van der Waals surface area contributed by atoms with Gasteiger partial charge in [0.2, 0.25) is 0 Å². The van der Waals surface area contributed by atoms with Crippen LogP contribution in [0.3, 0.4) is 0 Å². The zero-order valence-corrected chi connectivity index (χ0v) is 15.7. The zero-order chi connectivity index (χ0) is 21.0. The summed E-state index contributed by atoms with van der Waals surface area (Å²) in [5.74, 6) is -1.15. The Balaban J connectivity index is 2.26. The average Bonchev–Trinajstić information content (AvgIpc) is 3.09. The molecule has 0 unspecified atom stereocenters. The number of nitrogens with zero attached hydrogens (tertiary/aromatic N) is 2. The predicted octanol–water partition coefficient (Wildman–Crippen LogP) is 2.25. The first kappa shape index (κ1) is 19.9. The van der Waals surface area contributed by atoms with Gasteiger partial charge in [0.05, 0.1) is 44.0 Å². The van der Waals surface area contributed by atoms with Gasteiger partial charge in [0, 0.05) is 18.7 Å². The van der Waals surface area contributed by atoms with Crippen molar-refractivity contribution in [2.75, 3.05) is 32.3 Å². The number of ether oxygens (including phenoxy) is 4. The molecule has 0 radical (unpaired) electrons. The molecule has 2 aliphatic rings. The molecule has 152 valence electrons. The van der Waals surface area contributed by atoms with Crippen molar-refractivity contribution >= 4 is 23.3 Å². The number of benzene rings is 1. The number of nitro groups is 1. The number of carbonyl (C=O) groups excluding carboxylic acids is 2. The molecule has 2 heterocycles. The van der Waals surface area contributed by atoms with Crippen molar-refractivity contribution in [2.24, 2.45) is 0 Å². The Hall–Kier alpha value is -3.82. The topological polar surface area (TPSA) is 117 Å². The van der Waals surface area contributed by atoms with E-state index in [-0.39, 0.29) is 34.1 Å². The van der Waals surface area contributed by atoms with E-state index in [1.54, 1.807) is 0 Å². The van der Waals surface area contributed by atoms with Crippen LogP contribution in [-0.4, -0.2) is 44.3 Å². The molecule has 0 N–H and O–H groups in total. The van der Waals surface area contributed by atoms with Gasteiger partial charge in [-0.15, -0.1) is 0 Å². The Bertz CT molecular complexity index is 948. The van der Waals surface area contributed by atoms with E-state index >= 15 is 0 Å². The van der Waals surface area contributed by atoms with E-state index in [1.807, 2.05) is 0 Å². The molecule has 3 rings (SSSR count). The minimum absolute atomic E-state index is 0.000929. The lowest BCUT2D eigenvalue weighted by Gasteiger charge is -2.23. The molecule has 10 heteroatoms. The fraction of sp³-hybridized carbons (Fsp3) is 0.263. The normalized spacial score (nSPS) is 15.4. The number of anilines is 1. The molecular formula is C19H18N2O8. The number of fused-ring (bicyclic) bond motifs is 1. The number of allylic oxidation sites excluding steroid dienone is 2. The largest absolute Gasteiger partial charge is 0.489 e. The van der Waals surface area contributed by atoms with E-state index in [1.165, 1.54) is 41.5 Å². The Labute approximate surface area is 165 Å². The van der Waals surface area contributed by atoms with Gasteiger partial charge in [0.15, 0.2) is 11.5 Å². The molecule has 0 aromatic heterocycles. The molecular weight excluding hydrogens is 384 g/mol. The van der Waals surface area contributed by atoms with Crippen LogP contribution in [0.2, 0.25) is 0 Å². The Morgan fingerprint density at radius 1 is 1.07 bits per heavy atom. The summed E-state index contributed by atoms with van der Waals surface area (Å²) in [6.45, 7) is 0.728. The van der Waals surface area contributed by atoms with Crippen LogP contribution in [0.25, 0.3) is 0 Å². The van der Waals surface area contributed by atoms with Crippen molar-refractivity contribution in [3.63, 3.8) is 0 Å². The first-order chi connectivity index (χ1) is 14.0. The second-order valence-electron chi connectivity index (χ2n) is 5.91. The first-order valence-corrected chi connectivity index (χ1v) is 8.61. The predicted molar refractivity (Wildman–Crippen MR) is 101 cm³/mol. The van der Waals surface area contributed by atoms with E-state index in [9.17, 15) is 19.7 Å². The summed E-state index contributed by atoms with van der Waals surface area (Å²) in [6, 6.07) is 2.63. The summed E-state index contributed by atoms with van der Waals surface area (Å²) >= 11 is 0. The maximum atomic E-state index is 12.5. The van der Waals surface area contributed by atoms with E-state index in [0.29, 0.717) is 19.6 Å². The molecule has 0 amide bonds. The lowest BCUT2D eigenvalue weighted by molar-refractivity contribution is -0.384. The van der Waals surface area contributed by atoms with Crippen LogP contribution in [0.1, 0.15) is 6.42 Å². The highest BCUT2D eigenvalue weighted by Gasteiger charge is 2.32. The average molecular weight is 402 g/mol. The molecule has 0 aliphatic carbocycles. The third-order valence-corrected chi connectivity index (χ3v) is 4.19. The molecule has 2 aliphatic heterocycles. The molecule has 0 bridgehead atoms. The summed E-state index contributed by atoms with van der Waals surface area (Å²) in [5.41, 5.74) is -0.694. The molecule has 1 aromatic rings. The van der Waals surface area contributed by atoms with Crippen molar-refractivity contribution in [3.05, 3.63) is 57.9 Å². The minimum atomic E-state index is -0.872. The maximum Gasteiger partial charge on any atom is 0.355 e. The summed E-state index contributed by atoms with van der Waals surface area (Å²) in [6.07, 6.45) is 6.41. The van der Waals surface area contributed by atoms with E-state index in [0.717, 1.165) is 14.2 Å². The fourth-order valence-corrected chi connectivity index (χ4v) is 2.88. The number of methoxy groups -OCH3 is 2. The molecule has 10 nitrogen and oxygen atoms in total. The molecule has 29 heavy (non-hydrogen) atoms. The number of nitro benzene ring substituents is 1. The van der Waals surface area contributed by atoms with Gasteiger partial charge in [-0.25, -0.2) is 9.59 Å². The van der Waals surface area contributed by atoms with Gasteiger partial charge in [-0.2, -0.15) is 0 Å². The van der Waals surface area contributed by atoms with Crippen LogP contribution < -0.4 is 14.4 Å². The standard InChI is InChI=1S/C19H18N2O8/c1-26-18(22)12-6-3-4-7-20(17(12)19(23)27-2)13-10-15-16(11-14(13)21(24)25)29-9-5-8-28-15/h3-4,6-7,10-11H,5,8-9H2,1-2H3. The number of hydrogen-bond donors (Lipinski definition) is 0. The summed E-state index contributed by atoms with van der Waals surface area (Å²) in [4.78, 5) is 37.1. The summed E-state index contributed by atoms with van der Waals surface area (Å²) in [5, 5.41) is 11.8. The molecule has 0 saturated heterocycles. The van der Waals surface area contributed by atoms with Crippen molar-refractivity contribution in [3.8, 4) is 11.5 Å². The fourth-order valence-electron chi connectivity index (χ4n) is 2.88. The Morgan fingerprint density at radius 3 is 2.34 bits per heavy atom. The van der Waals surface area contributed by atoms with E-state index in [2.05, 4.69) is 0 Å². The quantitative estimate of drug-likeness (QED) is 0.424. The van der Waals surface area contributed by atoms with Crippen LogP contribution in [0.15, 0.2) is 47.8 Å². The van der Waals surface area contributed by atoms with Crippen molar-refractivity contribution in [1.29, 1.82) is 0 Å². The van der Waals surface area contributed by atoms with E-state index < -0.39 is 16.9 Å². The van der Waals surface area contributed by atoms with Crippen molar-refractivity contribution in [1.82, 2.24) is 0 Å². The zero-order valence-electron chi connectivity index (χ0n) is 15.7. The van der Waals surface area contributed by atoms with Gasteiger partial charge in [-0.3, -0.25) is 10.1 Å². The van der Waals surface area contributed by atoms with Gasteiger partial charge in [0.25, 0.3) is 5.69 Å². The highest BCUT2D eigenvalue weighted by molar-refractivity contribution is 6.06. The Morgan fingerprint density at radius 2 is 1.72 bits per heavy atom. The van der Waals surface area contributed by atoms with Gasteiger partial charge >= 0.3 is 11.9 Å². The highest BCUT2D eigenvalue weighted by Crippen LogP contribution is 2.42. The second-order valence-corrected chi connectivity index (χ2v) is 5.91. The van der Waals surface area contributed by atoms with Crippen LogP contribution in [-0.2, 0) is 19.1 Å². The van der Waals surface area contributed by atoms with Crippen LogP contribution in [0, 0.1) is 10.1 Å². The third kappa shape index (κ3) is 3.91. The minimum Gasteiger partial charge on any atom is -0.489 e. The second kappa shape index (κ2) is 8.46. The first-order valence-electron chi connectivity index (χ1n) is 8.61. The summed E-state index contributed by atoms with van der Waals surface area (Å²) < 4.78 is 20.7. The van der Waals surface area contributed by atoms with Crippen LogP contribution in [0.5, 0.6) is 11.5 Å².